The summed E-state index contributed by atoms with van der Waals surface area (Å²) in [6.07, 6.45) is -0.111. The van der Waals surface area contributed by atoms with Crippen molar-refractivity contribution in [3.05, 3.63) is 29.8 Å². The molecule has 0 aromatic heterocycles. The van der Waals surface area contributed by atoms with Gasteiger partial charge >= 0.3 is 0 Å². The van der Waals surface area contributed by atoms with Crippen molar-refractivity contribution >= 4 is 17.6 Å². The maximum absolute atomic E-state index is 10.7. The van der Waals surface area contributed by atoms with Crippen LogP contribution in [0.2, 0.25) is 0 Å². The quantitative estimate of drug-likeness (QED) is 0.729. The summed E-state index contributed by atoms with van der Waals surface area (Å²) in [7, 11) is 0. The zero-order valence-corrected chi connectivity index (χ0v) is 7.74. The van der Waals surface area contributed by atoms with Crippen LogP contribution in [0.4, 0.5) is 5.69 Å². The second kappa shape index (κ2) is 4.41. The summed E-state index contributed by atoms with van der Waals surface area (Å²) in [6, 6.07) is 6.58. The molecule has 0 unspecified atom stereocenters. The first-order valence-corrected chi connectivity index (χ1v) is 4.14. The fourth-order valence-electron chi connectivity index (χ4n) is 1.08. The summed E-state index contributed by atoms with van der Waals surface area (Å²) in [4.78, 5) is 20.9. The lowest BCUT2D eigenvalue weighted by Crippen LogP contribution is -2.24. The Morgan fingerprint density at radius 3 is 2.29 bits per heavy atom. The van der Waals surface area contributed by atoms with Crippen LogP contribution in [0.5, 0.6) is 0 Å². The number of aliphatic carboxylic acids is 1. The topological polar surface area (TPSA) is 69.2 Å². The molecular weight excluding hydrogens is 182 g/mol. The highest BCUT2D eigenvalue weighted by atomic mass is 16.4. The van der Waals surface area contributed by atoms with Crippen LogP contribution in [0.15, 0.2) is 24.3 Å². The van der Waals surface area contributed by atoms with Gasteiger partial charge in [0.05, 0.1) is 0 Å². The van der Waals surface area contributed by atoms with E-state index in [0.717, 1.165) is 0 Å². The molecule has 0 saturated heterocycles. The Hall–Kier alpha value is -1.84. The minimum atomic E-state index is -1.11. The number of benzene rings is 1. The van der Waals surface area contributed by atoms with E-state index in [-0.39, 0.29) is 12.3 Å². The summed E-state index contributed by atoms with van der Waals surface area (Å²) < 4.78 is 0. The molecule has 4 nitrogen and oxygen atoms in total. The van der Waals surface area contributed by atoms with Crippen molar-refractivity contribution in [2.45, 2.75) is 13.3 Å². The first-order valence-electron chi connectivity index (χ1n) is 4.14. The smallest absolute Gasteiger partial charge is 0.221 e. The molecule has 14 heavy (non-hydrogen) atoms. The van der Waals surface area contributed by atoms with Gasteiger partial charge in [-0.1, -0.05) is 12.1 Å². The van der Waals surface area contributed by atoms with E-state index >= 15 is 0 Å². The highest BCUT2D eigenvalue weighted by Gasteiger charge is 1.96. The minimum Gasteiger partial charge on any atom is -0.550 e. The highest BCUT2D eigenvalue weighted by Crippen LogP contribution is 2.09. The third-order valence-corrected chi connectivity index (χ3v) is 1.62. The minimum absolute atomic E-state index is 0.111. The van der Waals surface area contributed by atoms with E-state index in [0.29, 0.717) is 11.3 Å². The molecule has 0 radical (unpaired) electrons. The Kier molecular flexibility index (Phi) is 3.23. The zero-order chi connectivity index (χ0) is 10.6. The lowest BCUT2D eigenvalue weighted by molar-refractivity contribution is -0.304. The van der Waals surface area contributed by atoms with Crippen molar-refractivity contribution < 1.29 is 14.7 Å². The van der Waals surface area contributed by atoms with Gasteiger partial charge in [-0.05, 0) is 17.7 Å². The Labute approximate surface area is 81.6 Å². The number of rotatable bonds is 3. The van der Waals surface area contributed by atoms with Crippen molar-refractivity contribution in [2.24, 2.45) is 0 Å². The SMILES string of the molecule is CC(=O)Nc1ccc(CC(=O)[O-])cc1. The first-order chi connectivity index (χ1) is 6.58. The predicted molar refractivity (Wildman–Crippen MR) is 49.5 cm³/mol. The molecular formula is C10H10NO3-. The maximum Gasteiger partial charge on any atom is 0.221 e. The van der Waals surface area contributed by atoms with E-state index < -0.39 is 5.97 Å². The van der Waals surface area contributed by atoms with Crippen LogP contribution in [0, 0.1) is 0 Å². The van der Waals surface area contributed by atoms with Crippen molar-refractivity contribution in [3.8, 4) is 0 Å². The van der Waals surface area contributed by atoms with Gasteiger partial charge in [-0.2, -0.15) is 0 Å². The second-order valence-corrected chi connectivity index (χ2v) is 2.93. The molecule has 0 aliphatic rings. The summed E-state index contributed by atoms with van der Waals surface area (Å²) in [5.74, 6) is -1.27. The highest BCUT2D eigenvalue weighted by molar-refractivity contribution is 5.88. The van der Waals surface area contributed by atoms with Crippen LogP contribution in [0.3, 0.4) is 0 Å². The standard InChI is InChI=1S/C10H11NO3/c1-7(12)11-9-4-2-8(3-5-9)6-10(13)14/h2-5H,6H2,1H3,(H,11,12)(H,13,14)/p-1. The summed E-state index contributed by atoms with van der Waals surface area (Å²) in [5.41, 5.74) is 1.30. The fourth-order valence-corrected chi connectivity index (χ4v) is 1.08. The molecule has 4 heteroatoms. The second-order valence-electron chi connectivity index (χ2n) is 2.93. The normalized spacial score (nSPS) is 9.50. The predicted octanol–water partition coefficient (Wildman–Crippen LogP) is -0.0626. The van der Waals surface area contributed by atoms with Gasteiger partial charge in [0, 0.05) is 25.0 Å². The molecule has 1 N–H and O–H groups in total. The zero-order valence-electron chi connectivity index (χ0n) is 7.74. The number of carboxylic acid groups (broad SMARTS) is 1. The van der Waals surface area contributed by atoms with E-state index in [1.54, 1.807) is 24.3 Å². The van der Waals surface area contributed by atoms with Gasteiger partial charge in [-0.25, -0.2) is 0 Å². The average Bonchev–Trinajstić information content (AvgIpc) is 2.06. The molecule has 0 aliphatic carbocycles. The Bertz CT molecular complexity index is 308. The summed E-state index contributed by atoms with van der Waals surface area (Å²) in [5, 5.41) is 12.8. The van der Waals surface area contributed by atoms with Crippen LogP contribution in [-0.2, 0) is 16.0 Å². The van der Waals surface area contributed by atoms with Crippen molar-refractivity contribution in [3.63, 3.8) is 0 Å². The van der Waals surface area contributed by atoms with Crippen LogP contribution in [0.1, 0.15) is 12.5 Å². The number of hydrogen-bond acceptors (Lipinski definition) is 3. The van der Waals surface area contributed by atoms with Crippen LogP contribution in [0.25, 0.3) is 0 Å². The summed E-state index contributed by atoms with van der Waals surface area (Å²) in [6.45, 7) is 1.41. The Balaban J connectivity index is 2.68. The Morgan fingerprint density at radius 2 is 1.86 bits per heavy atom. The van der Waals surface area contributed by atoms with Crippen molar-refractivity contribution in [1.82, 2.24) is 0 Å². The largest absolute Gasteiger partial charge is 0.550 e. The molecule has 74 valence electrons. The molecule has 1 aromatic carbocycles. The van der Waals surface area contributed by atoms with Gasteiger partial charge < -0.3 is 15.2 Å². The molecule has 0 spiro atoms. The van der Waals surface area contributed by atoms with Crippen LogP contribution >= 0.6 is 0 Å². The number of amides is 1. The fraction of sp³-hybridized carbons (Fsp3) is 0.200. The van der Waals surface area contributed by atoms with E-state index in [4.69, 9.17) is 0 Å². The monoisotopic (exact) mass is 192 g/mol. The van der Waals surface area contributed by atoms with E-state index in [2.05, 4.69) is 5.32 Å². The van der Waals surface area contributed by atoms with Gasteiger partial charge in [0.15, 0.2) is 0 Å². The molecule has 0 fully saturated rings. The summed E-state index contributed by atoms with van der Waals surface area (Å²) >= 11 is 0. The molecule has 1 rings (SSSR count). The lowest BCUT2D eigenvalue weighted by atomic mass is 10.1. The maximum atomic E-state index is 10.7. The molecule has 0 heterocycles. The molecule has 1 aromatic rings. The van der Waals surface area contributed by atoms with Crippen molar-refractivity contribution in [1.29, 1.82) is 0 Å². The third kappa shape index (κ3) is 3.26. The van der Waals surface area contributed by atoms with Crippen LogP contribution < -0.4 is 10.4 Å². The number of carbonyl (C=O) groups excluding carboxylic acids is 2. The molecule has 0 saturated carbocycles. The number of hydrogen-bond donors (Lipinski definition) is 1. The van der Waals surface area contributed by atoms with E-state index in [9.17, 15) is 14.7 Å². The van der Waals surface area contributed by atoms with E-state index in [1.165, 1.54) is 6.92 Å². The van der Waals surface area contributed by atoms with Gasteiger partial charge in [-0.15, -0.1) is 0 Å². The average molecular weight is 192 g/mol. The van der Waals surface area contributed by atoms with E-state index in [1.807, 2.05) is 0 Å². The van der Waals surface area contributed by atoms with Crippen LogP contribution in [-0.4, -0.2) is 11.9 Å². The molecule has 1 amide bonds. The first kappa shape index (κ1) is 10.2. The molecule has 0 atom stereocenters. The molecule has 0 aliphatic heterocycles. The Morgan fingerprint density at radius 1 is 1.29 bits per heavy atom. The van der Waals surface area contributed by atoms with Gasteiger partial charge in [0.2, 0.25) is 5.91 Å². The lowest BCUT2D eigenvalue weighted by Gasteiger charge is -2.04. The number of nitrogens with one attached hydrogen (secondary N) is 1. The van der Waals surface area contributed by atoms with Gasteiger partial charge in [-0.3, -0.25) is 4.79 Å². The molecule has 0 bridgehead atoms. The number of carboxylic acids is 1. The third-order valence-electron chi connectivity index (χ3n) is 1.62. The van der Waals surface area contributed by atoms with Gasteiger partial charge in [0.1, 0.15) is 0 Å². The number of anilines is 1. The van der Waals surface area contributed by atoms with Gasteiger partial charge in [0.25, 0.3) is 0 Å². The number of carbonyl (C=O) groups is 2. The van der Waals surface area contributed by atoms with Crippen molar-refractivity contribution in [2.75, 3.05) is 5.32 Å².